The molecule has 1 saturated heterocycles. The van der Waals surface area contributed by atoms with Crippen molar-refractivity contribution in [2.45, 2.75) is 32.6 Å². The van der Waals surface area contributed by atoms with Gasteiger partial charge in [-0.3, -0.25) is 9.69 Å². The highest BCUT2D eigenvalue weighted by Crippen LogP contribution is 2.06. The molecule has 0 unspecified atom stereocenters. The van der Waals surface area contributed by atoms with Gasteiger partial charge in [0.1, 0.15) is 0 Å². The second-order valence-electron chi connectivity index (χ2n) is 4.27. The molecule has 16 heavy (non-hydrogen) atoms. The molecule has 1 amide bonds. The molecule has 4 heteroatoms. The van der Waals surface area contributed by atoms with Crippen molar-refractivity contribution in [3.05, 3.63) is 0 Å². The van der Waals surface area contributed by atoms with Crippen LogP contribution in [0.25, 0.3) is 0 Å². The predicted octanol–water partition coefficient (Wildman–Crippen LogP) is 1.23. The molecule has 0 aromatic heterocycles. The maximum atomic E-state index is 11.8. The average Bonchev–Trinajstić information content (AvgIpc) is 2.30. The highest BCUT2D eigenvalue weighted by atomic mass is 16.2. The molecule has 4 nitrogen and oxygen atoms in total. The van der Waals surface area contributed by atoms with Crippen LogP contribution in [0.4, 0.5) is 0 Å². The first-order chi connectivity index (χ1) is 7.77. The molecular formula is C12H21N3O. The number of piperazine rings is 1. The molecule has 0 aromatic rings. The van der Waals surface area contributed by atoms with E-state index in [-0.39, 0.29) is 5.91 Å². The Bertz CT molecular complexity index is 251. The number of nitrogens with zero attached hydrogens (tertiary/aromatic N) is 3. The number of carbonyl (C=O) groups excluding carboxylic acids is 1. The van der Waals surface area contributed by atoms with Gasteiger partial charge in [-0.2, -0.15) is 5.26 Å². The number of rotatable bonds is 5. The molecule has 0 saturated carbocycles. The number of hydrogen-bond acceptors (Lipinski definition) is 3. The van der Waals surface area contributed by atoms with E-state index in [1.165, 1.54) is 0 Å². The summed E-state index contributed by atoms with van der Waals surface area (Å²) in [6.45, 7) is 5.88. The molecule has 1 fully saturated rings. The SMILES string of the molecule is CCCCCC(=O)N1CCN(CC#N)CC1. The molecule has 1 aliphatic heterocycles. The van der Waals surface area contributed by atoms with Crippen molar-refractivity contribution in [3.8, 4) is 6.07 Å². The van der Waals surface area contributed by atoms with E-state index in [1.54, 1.807) is 0 Å². The maximum absolute atomic E-state index is 11.8. The van der Waals surface area contributed by atoms with Crippen molar-refractivity contribution >= 4 is 5.91 Å². The van der Waals surface area contributed by atoms with Gasteiger partial charge >= 0.3 is 0 Å². The van der Waals surface area contributed by atoms with E-state index in [0.717, 1.165) is 45.4 Å². The highest BCUT2D eigenvalue weighted by Gasteiger charge is 2.19. The Morgan fingerprint density at radius 2 is 1.94 bits per heavy atom. The van der Waals surface area contributed by atoms with Crippen LogP contribution >= 0.6 is 0 Å². The van der Waals surface area contributed by atoms with Crippen LogP contribution in [0.1, 0.15) is 32.6 Å². The molecule has 0 N–H and O–H groups in total. The summed E-state index contributed by atoms with van der Waals surface area (Å²) < 4.78 is 0. The Balaban J connectivity index is 2.20. The van der Waals surface area contributed by atoms with Gasteiger partial charge in [-0.05, 0) is 6.42 Å². The van der Waals surface area contributed by atoms with Gasteiger partial charge in [-0.25, -0.2) is 0 Å². The first kappa shape index (κ1) is 13.0. The van der Waals surface area contributed by atoms with Gasteiger partial charge in [0.05, 0.1) is 12.6 Å². The zero-order valence-electron chi connectivity index (χ0n) is 10.1. The maximum Gasteiger partial charge on any atom is 0.222 e. The Hall–Kier alpha value is -1.08. The van der Waals surface area contributed by atoms with E-state index in [2.05, 4.69) is 17.9 Å². The zero-order chi connectivity index (χ0) is 11.8. The van der Waals surface area contributed by atoms with E-state index >= 15 is 0 Å². The fourth-order valence-electron chi connectivity index (χ4n) is 1.94. The van der Waals surface area contributed by atoms with Gasteiger partial charge in [0.2, 0.25) is 5.91 Å². The topological polar surface area (TPSA) is 47.3 Å². The van der Waals surface area contributed by atoms with E-state index in [4.69, 9.17) is 5.26 Å². The Morgan fingerprint density at radius 1 is 1.25 bits per heavy atom. The van der Waals surface area contributed by atoms with Gasteiger partial charge in [-0.15, -0.1) is 0 Å². The second-order valence-corrected chi connectivity index (χ2v) is 4.27. The Morgan fingerprint density at radius 3 is 2.50 bits per heavy atom. The minimum Gasteiger partial charge on any atom is -0.340 e. The summed E-state index contributed by atoms with van der Waals surface area (Å²) in [5.74, 6) is 0.282. The minimum atomic E-state index is 0.282. The van der Waals surface area contributed by atoms with Crippen LogP contribution in [-0.4, -0.2) is 48.4 Å². The van der Waals surface area contributed by atoms with Crippen LogP contribution < -0.4 is 0 Å². The molecule has 0 aliphatic carbocycles. The lowest BCUT2D eigenvalue weighted by Crippen LogP contribution is -2.48. The number of amides is 1. The highest BCUT2D eigenvalue weighted by molar-refractivity contribution is 5.76. The summed E-state index contributed by atoms with van der Waals surface area (Å²) in [6.07, 6.45) is 3.99. The molecule has 1 heterocycles. The van der Waals surface area contributed by atoms with Crippen LogP contribution in [0.3, 0.4) is 0 Å². The molecular weight excluding hydrogens is 202 g/mol. The van der Waals surface area contributed by atoms with Crippen molar-refractivity contribution in [3.63, 3.8) is 0 Å². The van der Waals surface area contributed by atoms with Crippen LogP contribution in [-0.2, 0) is 4.79 Å². The Labute approximate surface area is 97.8 Å². The number of carbonyl (C=O) groups is 1. The quantitative estimate of drug-likeness (QED) is 0.520. The lowest BCUT2D eigenvalue weighted by Gasteiger charge is -2.33. The first-order valence-corrected chi connectivity index (χ1v) is 6.15. The van der Waals surface area contributed by atoms with E-state index in [9.17, 15) is 4.79 Å². The molecule has 90 valence electrons. The Kier molecular flexibility index (Phi) is 5.87. The van der Waals surface area contributed by atoms with E-state index in [1.807, 2.05) is 4.90 Å². The molecule has 0 atom stereocenters. The number of unbranched alkanes of at least 4 members (excludes halogenated alkanes) is 2. The van der Waals surface area contributed by atoms with Crippen LogP contribution in [0, 0.1) is 11.3 Å². The monoisotopic (exact) mass is 223 g/mol. The fraction of sp³-hybridized carbons (Fsp3) is 0.833. The number of hydrogen-bond donors (Lipinski definition) is 0. The van der Waals surface area contributed by atoms with Gasteiger partial charge in [0, 0.05) is 32.6 Å². The third kappa shape index (κ3) is 4.19. The first-order valence-electron chi connectivity index (χ1n) is 6.15. The minimum absolute atomic E-state index is 0.282. The summed E-state index contributed by atoms with van der Waals surface area (Å²) in [7, 11) is 0. The summed E-state index contributed by atoms with van der Waals surface area (Å²) >= 11 is 0. The standard InChI is InChI=1S/C12H21N3O/c1-2-3-4-5-12(16)15-10-8-14(7-6-13)9-11-15/h2-5,7-11H2,1H3. The van der Waals surface area contributed by atoms with Crippen LogP contribution in [0.2, 0.25) is 0 Å². The largest absolute Gasteiger partial charge is 0.340 e. The van der Waals surface area contributed by atoms with E-state index in [0.29, 0.717) is 13.0 Å². The smallest absolute Gasteiger partial charge is 0.222 e. The lowest BCUT2D eigenvalue weighted by atomic mass is 10.2. The van der Waals surface area contributed by atoms with Gasteiger partial charge in [0.25, 0.3) is 0 Å². The van der Waals surface area contributed by atoms with Gasteiger partial charge in [0.15, 0.2) is 0 Å². The van der Waals surface area contributed by atoms with Crippen molar-refractivity contribution in [2.24, 2.45) is 0 Å². The van der Waals surface area contributed by atoms with Gasteiger partial charge < -0.3 is 4.90 Å². The summed E-state index contributed by atoms with van der Waals surface area (Å²) in [4.78, 5) is 15.8. The zero-order valence-corrected chi connectivity index (χ0v) is 10.1. The van der Waals surface area contributed by atoms with Crippen molar-refractivity contribution in [1.29, 1.82) is 5.26 Å². The van der Waals surface area contributed by atoms with Crippen molar-refractivity contribution < 1.29 is 4.79 Å². The molecule has 1 rings (SSSR count). The summed E-state index contributed by atoms with van der Waals surface area (Å²) in [5, 5.41) is 8.56. The summed E-state index contributed by atoms with van der Waals surface area (Å²) in [5.41, 5.74) is 0. The predicted molar refractivity (Wildman–Crippen MR) is 62.8 cm³/mol. The van der Waals surface area contributed by atoms with Gasteiger partial charge in [-0.1, -0.05) is 19.8 Å². The molecule has 0 radical (unpaired) electrons. The van der Waals surface area contributed by atoms with Crippen LogP contribution in [0.5, 0.6) is 0 Å². The summed E-state index contributed by atoms with van der Waals surface area (Å²) in [6, 6.07) is 2.15. The molecule has 0 spiro atoms. The molecule has 0 aromatic carbocycles. The lowest BCUT2D eigenvalue weighted by molar-refractivity contribution is -0.132. The van der Waals surface area contributed by atoms with E-state index < -0.39 is 0 Å². The normalized spacial score (nSPS) is 17.1. The second kappa shape index (κ2) is 7.24. The van der Waals surface area contributed by atoms with Crippen molar-refractivity contribution in [2.75, 3.05) is 32.7 Å². The third-order valence-corrected chi connectivity index (χ3v) is 3.01. The molecule has 0 bridgehead atoms. The van der Waals surface area contributed by atoms with Crippen molar-refractivity contribution in [1.82, 2.24) is 9.80 Å². The fourth-order valence-corrected chi connectivity index (χ4v) is 1.94. The third-order valence-electron chi connectivity index (χ3n) is 3.01. The molecule has 1 aliphatic rings. The number of nitriles is 1. The average molecular weight is 223 g/mol. The van der Waals surface area contributed by atoms with Crippen LogP contribution in [0.15, 0.2) is 0 Å².